The van der Waals surface area contributed by atoms with Crippen molar-refractivity contribution in [2.75, 3.05) is 7.11 Å². The van der Waals surface area contributed by atoms with E-state index in [2.05, 4.69) is 58.2 Å². The van der Waals surface area contributed by atoms with Crippen LogP contribution in [-0.4, -0.2) is 12.1 Å². The van der Waals surface area contributed by atoms with Crippen molar-refractivity contribution in [3.8, 4) is 5.75 Å². The third-order valence-electron chi connectivity index (χ3n) is 3.03. The summed E-state index contributed by atoms with van der Waals surface area (Å²) in [6.45, 7) is 0. The number of hydrogen-bond acceptors (Lipinski definition) is 4. The van der Waals surface area contributed by atoms with Crippen molar-refractivity contribution >= 4 is 47.8 Å². The predicted octanol–water partition coefficient (Wildman–Crippen LogP) is 4.12. The second-order valence-corrected chi connectivity index (χ2v) is 7.09. The van der Waals surface area contributed by atoms with Crippen molar-refractivity contribution < 1.29 is 4.74 Å². The highest BCUT2D eigenvalue weighted by Gasteiger charge is 2.18. The van der Waals surface area contributed by atoms with Gasteiger partial charge in [-0.1, -0.05) is 15.9 Å². The highest BCUT2D eigenvalue weighted by atomic mass is 79.9. The first kappa shape index (κ1) is 16.9. The summed E-state index contributed by atoms with van der Waals surface area (Å²) < 4.78 is 8.21. The van der Waals surface area contributed by atoms with Crippen LogP contribution in [0.2, 0.25) is 0 Å². The van der Waals surface area contributed by atoms with E-state index in [4.69, 9.17) is 10.6 Å². The smallest absolute Gasteiger partial charge is 0.122 e. The zero-order chi connectivity index (χ0) is 15.4. The van der Waals surface area contributed by atoms with Crippen molar-refractivity contribution in [1.29, 1.82) is 0 Å². The molecule has 2 rings (SSSR count). The topological polar surface area (TPSA) is 60.2 Å². The maximum absolute atomic E-state index is 5.71. The van der Waals surface area contributed by atoms with Gasteiger partial charge in [0.15, 0.2) is 0 Å². The van der Waals surface area contributed by atoms with Gasteiger partial charge in [-0.15, -0.1) is 0 Å². The number of nitrogens with two attached hydrogens (primary N) is 1. The number of nitrogens with zero attached hydrogens (tertiary/aromatic N) is 1. The number of ether oxygens (including phenoxy) is 1. The van der Waals surface area contributed by atoms with E-state index in [1.807, 2.05) is 24.3 Å². The Balaban J connectivity index is 2.33. The predicted molar refractivity (Wildman–Crippen MR) is 94.1 cm³/mol. The van der Waals surface area contributed by atoms with E-state index in [1.54, 1.807) is 13.3 Å². The lowest BCUT2D eigenvalue weighted by Crippen LogP contribution is -2.30. The Morgan fingerprint density at radius 1 is 1.24 bits per heavy atom. The molecule has 0 aliphatic rings. The van der Waals surface area contributed by atoms with Crippen molar-refractivity contribution in [3.05, 3.63) is 55.1 Å². The molecule has 1 heterocycles. The molecule has 1 aromatic heterocycles. The van der Waals surface area contributed by atoms with Gasteiger partial charge in [-0.25, -0.2) is 0 Å². The molecule has 21 heavy (non-hydrogen) atoms. The molecule has 0 spiro atoms. The second-order valence-electron chi connectivity index (χ2n) is 4.40. The average molecular weight is 480 g/mol. The van der Waals surface area contributed by atoms with Crippen molar-refractivity contribution in [2.45, 2.75) is 12.5 Å². The molecular formula is C14H14Br3N3O. The number of pyridine rings is 1. The zero-order valence-corrected chi connectivity index (χ0v) is 16.0. The molecule has 2 aromatic rings. The van der Waals surface area contributed by atoms with Crippen molar-refractivity contribution in [1.82, 2.24) is 10.4 Å². The van der Waals surface area contributed by atoms with Gasteiger partial charge >= 0.3 is 0 Å². The number of benzene rings is 1. The third kappa shape index (κ3) is 4.26. The van der Waals surface area contributed by atoms with Gasteiger partial charge in [-0.3, -0.25) is 16.3 Å². The molecule has 0 aliphatic carbocycles. The molecule has 1 aromatic carbocycles. The highest BCUT2D eigenvalue weighted by Crippen LogP contribution is 2.30. The summed E-state index contributed by atoms with van der Waals surface area (Å²) in [6, 6.07) is 7.72. The first-order valence-corrected chi connectivity index (χ1v) is 8.52. The summed E-state index contributed by atoms with van der Waals surface area (Å²) in [5.41, 5.74) is 4.72. The van der Waals surface area contributed by atoms with Crippen LogP contribution in [0.15, 0.2) is 43.9 Å². The number of hydrogen-bond donors (Lipinski definition) is 2. The summed E-state index contributed by atoms with van der Waals surface area (Å²) in [7, 11) is 1.66. The fourth-order valence-electron chi connectivity index (χ4n) is 2.04. The Labute approximate surface area is 148 Å². The van der Waals surface area contributed by atoms with E-state index in [0.717, 1.165) is 30.4 Å². The third-order valence-corrected chi connectivity index (χ3v) is 4.60. The second kappa shape index (κ2) is 7.69. The standard InChI is InChI=1S/C14H14Br3N3O/c1-21-13-3-2-9(15)4-8(13)5-12(20-18)14-11(17)6-10(16)7-19-14/h2-4,6-7,12,20H,5,18H2,1H3. The average Bonchev–Trinajstić information content (AvgIpc) is 2.45. The molecule has 0 bridgehead atoms. The molecule has 7 heteroatoms. The molecule has 0 saturated carbocycles. The monoisotopic (exact) mass is 477 g/mol. The van der Waals surface area contributed by atoms with Gasteiger partial charge in [0.25, 0.3) is 0 Å². The first-order valence-electron chi connectivity index (χ1n) is 6.14. The number of halogens is 3. The lowest BCUT2D eigenvalue weighted by atomic mass is 10.0. The fraction of sp³-hybridized carbons (Fsp3) is 0.214. The van der Waals surface area contributed by atoms with Gasteiger partial charge in [0.2, 0.25) is 0 Å². The SMILES string of the molecule is COc1ccc(Br)cc1CC(NN)c1ncc(Br)cc1Br. The van der Waals surface area contributed by atoms with E-state index < -0.39 is 0 Å². The van der Waals surface area contributed by atoms with E-state index in [0.29, 0.717) is 6.42 Å². The van der Waals surface area contributed by atoms with Crippen LogP contribution in [0, 0.1) is 0 Å². The summed E-state index contributed by atoms with van der Waals surface area (Å²) in [4.78, 5) is 4.43. The van der Waals surface area contributed by atoms with E-state index in [1.165, 1.54) is 0 Å². The van der Waals surface area contributed by atoms with Gasteiger partial charge in [-0.2, -0.15) is 0 Å². The highest BCUT2D eigenvalue weighted by molar-refractivity contribution is 9.11. The summed E-state index contributed by atoms with van der Waals surface area (Å²) in [5, 5.41) is 0. The van der Waals surface area contributed by atoms with Crippen LogP contribution in [0.5, 0.6) is 5.75 Å². The summed E-state index contributed by atoms with van der Waals surface area (Å²) >= 11 is 10.4. The van der Waals surface area contributed by atoms with E-state index >= 15 is 0 Å². The minimum atomic E-state index is -0.129. The molecular weight excluding hydrogens is 466 g/mol. The van der Waals surface area contributed by atoms with E-state index in [-0.39, 0.29) is 6.04 Å². The summed E-state index contributed by atoms with van der Waals surface area (Å²) in [6.07, 6.45) is 2.41. The van der Waals surface area contributed by atoms with Crippen LogP contribution in [0.1, 0.15) is 17.3 Å². The molecule has 4 nitrogen and oxygen atoms in total. The minimum absolute atomic E-state index is 0.129. The molecule has 1 atom stereocenters. The van der Waals surface area contributed by atoms with Crippen LogP contribution >= 0.6 is 47.8 Å². The number of nitrogens with one attached hydrogen (secondary N) is 1. The number of hydrazine groups is 1. The fourth-order valence-corrected chi connectivity index (χ4v) is 3.71. The lowest BCUT2D eigenvalue weighted by molar-refractivity contribution is 0.405. The van der Waals surface area contributed by atoms with Gasteiger partial charge < -0.3 is 4.74 Å². The molecule has 112 valence electrons. The normalized spacial score (nSPS) is 12.2. The number of methoxy groups -OCH3 is 1. The van der Waals surface area contributed by atoms with Gasteiger partial charge in [0.05, 0.1) is 18.8 Å². The van der Waals surface area contributed by atoms with Crippen molar-refractivity contribution in [2.24, 2.45) is 5.84 Å². The Morgan fingerprint density at radius 3 is 2.62 bits per heavy atom. The molecule has 0 radical (unpaired) electrons. The zero-order valence-electron chi connectivity index (χ0n) is 11.2. The van der Waals surface area contributed by atoms with Crippen LogP contribution in [0.25, 0.3) is 0 Å². The Morgan fingerprint density at radius 2 is 2.00 bits per heavy atom. The van der Waals surface area contributed by atoms with Crippen LogP contribution < -0.4 is 16.0 Å². The molecule has 0 saturated heterocycles. The summed E-state index contributed by atoms with van der Waals surface area (Å²) in [5.74, 6) is 6.54. The van der Waals surface area contributed by atoms with E-state index in [9.17, 15) is 0 Å². The quantitative estimate of drug-likeness (QED) is 0.500. The number of rotatable bonds is 5. The lowest BCUT2D eigenvalue weighted by Gasteiger charge is -2.18. The molecule has 0 amide bonds. The van der Waals surface area contributed by atoms with Gasteiger partial charge in [0, 0.05) is 19.6 Å². The first-order chi connectivity index (χ1) is 10.0. The molecule has 3 N–H and O–H groups in total. The Kier molecular flexibility index (Phi) is 6.19. The molecule has 0 fully saturated rings. The van der Waals surface area contributed by atoms with Gasteiger partial charge in [0.1, 0.15) is 5.75 Å². The maximum atomic E-state index is 5.71. The molecule has 1 unspecified atom stereocenters. The molecule has 0 aliphatic heterocycles. The Bertz CT molecular complexity index is 637. The van der Waals surface area contributed by atoms with Crippen LogP contribution in [-0.2, 0) is 6.42 Å². The number of aromatic nitrogens is 1. The van der Waals surface area contributed by atoms with Gasteiger partial charge in [-0.05, 0) is 68.1 Å². The van der Waals surface area contributed by atoms with Crippen LogP contribution in [0.4, 0.5) is 0 Å². The minimum Gasteiger partial charge on any atom is -0.496 e. The Hall–Kier alpha value is -0.470. The van der Waals surface area contributed by atoms with Crippen LogP contribution in [0.3, 0.4) is 0 Å². The largest absolute Gasteiger partial charge is 0.496 e. The maximum Gasteiger partial charge on any atom is 0.122 e. The van der Waals surface area contributed by atoms with Crippen molar-refractivity contribution in [3.63, 3.8) is 0 Å².